The number of hydrogen-bond donors (Lipinski definition) is 1. The lowest BCUT2D eigenvalue weighted by Gasteiger charge is -2.40. The molecule has 1 spiro atoms. The summed E-state index contributed by atoms with van der Waals surface area (Å²) in [4.78, 5) is 11.3. The molecule has 0 aromatic carbocycles. The summed E-state index contributed by atoms with van der Waals surface area (Å²) in [6, 6.07) is 0.207. The Labute approximate surface area is 95.9 Å². The van der Waals surface area contributed by atoms with Gasteiger partial charge in [-0.2, -0.15) is 0 Å². The fraction of sp³-hybridized carbons (Fsp3) is 0.667. The van der Waals surface area contributed by atoms with Gasteiger partial charge in [-0.3, -0.25) is 9.97 Å². The van der Waals surface area contributed by atoms with Crippen molar-refractivity contribution in [2.75, 3.05) is 20.1 Å². The number of rotatable bonds is 0. The van der Waals surface area contributed by atoms with Crippen molar-refractivity contribution in [1.82, 2.24) is 14.9 Å². The summed E-state index contributed by atoms with van der Waals surface area (Å²) in [5.74, 6) is 0. The molecule has 4 heteroatoms. The Hall–Kier alpha value is -1.00. The van der Waals surface area contributed by atoms with E-state index >= 15 is 0 Å². The lowest BCUT2D eigenvalue weighted by atomic mass is 9.73. The van der Waals surface area contributed by atoms with Gasteiger partial charge >= 0.3 is 0 Å². The standard InChI is InChI=1S/C12H18N4/c1-16-6-2-12(3-7-16)10(13)8-9-11(12)15-5-4-14-9/h4-5,10H,2-3,6-8,13H2,1H3/t10-/m1/s1. The van der Waals surface area contributed by atoms with Crippen molar-refractivity contribution in [3.05, 3.63) is 23.8 Å². The van der Waals surface area contributed by atoms with Crippen LogP contribution in [-0.4, -0.2) is 41.0 Å². The van der Waals surface area contributed by atoms with Crippen LogP contribution in [-0.2, 0) is 11.8 Å². The smallest absolute Gasteiger partial charge is 0.0697 e. The number of hydrogen-bond acceptors (Lipinski definition) is 4. The van der Waals surface area contributed by atoms with Gasteiger partial charge in [-0.1, -0.05) is 0 Å². The van der Waals surface area contributed by atoms with E-state index in [1.54, 1.807) is 12.4 Å². The van der Waals surface area contributed by atoms with Crippen molar-refractivity contribution >= 4 is 0 Å². The third kappa shape index (κ3) is 1.30. The van der Waals surface area contributed by atoms with Gasteiger partial charge < -0.3 is 10.6 Å². The number of piperidine rings is 1. The maximum Gasteiger partial charge on any atom is 0.0697 e. The van der Waals surface area contributed by atoms with Crippen LogP contribution in [0.5, 0.6) is 0 Å². The van der Waals surface area contributed by atoms with E-state index in [2.05, 4.69) is 21.9 Å². The Balaban J connectivity index is 2.01. The molecule has 3 rings (SSSR count). The van der Waals surface area contributed by atoms with E-state index in [0.717, 1.165) is 38.0 Å². The molecule has 1 atom stereocenters. The summed E-state index contributed by atoms with van der Waals surface area (Å²) in [7, 11) is 2.17. The van der Waals surface area contributed by atoms with Crippen molar-refractivity contribution in [2.45, 2.75) is 30.7 Å². The Morgan fingerprint density at radius 2 is 2.00 bits per heavy atom. The molecular formula is C12H18N4. The lowest BCUT2D eigenvalue weighted by Crippen LogP contribution is -2.50. The molecule has 1 aromatic heterocycles. The molecule has 0 unspecified atom stereocenters. The Morgan fingerprint density at radius 1 is 1.31 bits per heavy atom. The minimum absolute atomic E-state index is 0.107. The van der Waals surface area contributed by atoms with Crippen molar-refractivity contribution in [3.8, 4) is 0 Å². The fourth-order valence-electron chi connectivity index (χ4n) is 3.14. The van der Waals surface area contributed by atoms with Gasteiger partial charge in [0.05, 0.1) is 11.4 Å². The van der Waals surface area contributed by atoms with E-state index in [0.29, 0.717) is 0 Å². The number of likely N-dealkylation sites (tertiary alicyclic amines) is 1. The second kappa shape index (κ2) is 3.50. The SMILES string of the molecule is CN1CCC2(CC1)c1nccnc1C[C@H]2N. The first kappa shape index (κ1) is 10.2. The Morgan fingerprint density at radius 3 is 2.75 bits per heavy atom. The molecule has 4 nitrogen and oxygen atoms in total. The van der Waals surface area contributed by atoms with Crippen LogP contribution in [0.3, 0.4) is 0 Å². The van der Waals surface area contributed by atoms with Crippen molar-refractivity contribution in [1.29, 1.82) is 0 Å². The molecule has 2 heterocycles. The largest absolute Gasteiger partial charge is 0.326 e. The number of fused-ring (bicyclic) bond motifs is 2. The summed E-state index contributed by atoms with van der Waals surface area (Å²) >= 11 is 0. The minimum atomic E-state index is 0.107. The zero-order chi connectivity index (χ0) is 11.2. The summed E-state index contributed by atoms with van der Waals surface area (Å²) in [5.41, 5.74) is 8.75. The third-order valence-corrected chi connectivity index (χ3v) is 4.25. The van der Waals surface area contributed by atoms with E-state index in [1.165, 1.54) is 5.69 Å². The van der Waals surface area contributed by atoms with Crippen LogP contribution in [0.1, 0.15) is 24.2 Å². The highest BCUT2D eigenvalue weighted by molar-refractivity contribution is 5.33. The highest BCUT2D eigenvalue weighted by Crippen LogP contribution is 2.43. The average Bonchev–Trinajstić information content (AvgIpc) is 2.57. The van der Waals surface area contributed by atoms with Gasteiger partial charge in [-0.05, 0) is 33.0 Å². The lowest BCUT2D eigenvalue weighted by molar-refractivity contribution is 0.169. The molecule has 2 aliphatic rings. The van der Waals surface area contributed by atoms with Crippen LogP contribution in [0, 0.1) is 0 Å². The van der Waals surface area contributed by atoms with Crippen molar-refractivity contribution in [2.24, 2.45) is 5.73 Å². The van der Waals surface area contributed by atoms with Gasteiger partial charge in [0.1, 0.15) is 0 Å². The second-order valence-electron chi connectivity index (χ2n) is 5.12. The first-order valence-corrected chi connectivity index (χ1v) is 5.97. The monoisotopic (exact) mass is 218 g/mol. The van der Waals surface area contributed by atoms with Gasteiger partial charge in [0, 0.05) is 30.3 Å². The van der Waals surface area contributed by atoms with E-state index < -0.39 is 0 Å². The van der Waals surface area contributed by atoms with Crippen LogP contribution in [0.2, 0.25) is 0 Å². The van der Waals surface area contributed by atoms with Gasteiger partial charge in [0.15, 0.2) is 0 Å². The summed E-state index contributed by atoms with van der Waals surface area (Å²) in [6.45, 7) is 2.23. The van der Waals surface area contributed by atoms with Crippen LogP contribution >= 0.6 is 0 Å². The second-order valence-corrected chi connectivity index (χ2v) is 5.12. The summed E-state index contributed by atoms with van der Waals surface area (Å²) in [5, 5.41) is 0. The van der Waals surface area contributed by atoms with E-state index in [1.807, 2.05) is 0 Å². The quantitative estimate of drug-likeness (QED) is 0.681. The zero-order valence-corrected chi connectivity index (χ0v) is 9.69. The molecule has 1 aliphatic heterocycles. The van der Waals surface area contributed by atoms with E-state index in [9.17, 15) is 0 Å². The molecule has 16 heavy (non-hydrogen) atoms. The molecule has 0 bridgehead atoms. The highest BCUT2D eigenvalue weighted by atomic mass is 15.1. The number of nitrogens with zero attached hydrogens (tertiary/aromatic N) is 3. The van der Waals surface area contributed by atoms with Crippen LogP contribution < -0.4 is 5.73 Å². The molecule has 0 saturated carbocycles. The number of aromatic nitrogens is 2. The maximum absolute atomic E-state index is 6.34. The van der Waals surface area contributed by atoms with Gasteiger partial charge in [0.25, 0.3) is 0 Å². The molecule has 1 saturated heterocycles. The molecule has 1 aliphatic carbocycles. The zero-order valence-electron chi connectivity index (χ0n) is 9.69. The fourth-order valence-corrected chi connectivity index (χ4v) is 3.14. The summed E-state index contributed by atoms with van der Waals surface area (Å²) < 4.78 is 0. The first-order valence-electron chi connectivity index (χ1n) is 5.97. The normalized spacial score (nSPS) is 28.2. The Bertz CT molecular complexity index is 396. The van der Waals surface area contributed by atoms with Crippen molar-refractivity contribution in [3.63, 3.8) is 0 Å². The predicted octanol–water partition coefficient (Wildman–Crippen LogP) is 0.323. The van der Waals surface area contributed by atoms with E-state index in [4.69, 9.17) is 5.73 Å². The topological polar surface area (TPSA) is 55.0 Å². The van der Waals surface area contributed by atoms with E-state index in [-0.39, 0.29) is 11.5 Å². The Kier molecular flexibility index (Phi) is 2.23. The minimum Gasteiger partial charge on any atom is -0.326 e. The molecule has 0 amide bonds. The first-order chi connectivity index (χ1) is 7.72. The van der Waals surface area contributed by atoms with Gasteiger partial charge in [-0.15, -0.1) is 0 Å². The number of nitrogens with two attached hydrogens (primary N) is 1. The maximum atomic E-state index is 6.34. The van der Waals surface area contributed by atoms with Crippen LogP contribution in [0.15, 0.2) is 12.4 Å². The molecule has 86 valence electrons. The predicted molar refractivity (Wildman–Crippen MR) is 62.1 cm³/mol. The van der Waals surface area contributed by atoms with Gasteiger partial charge in [-0.25, -0.2) is 0 Å². The molecular weight excluding hydrogens is 200 g/mol. The third-order valence-electron chi connectivity index (χ3n) is 4.25. The summed E-state index contributed by atoms with van der Waals surface area (Å²) in [6.07, 6.45) is 6.72. The average molecular weight is 218 g/mol. The molecule has 1 aromatic rings. The van der Waals surface area contributed by atoms with Crippen LogP contribution in [0.25, 0.3) is 0 Å². The molecule has 0 radical (unpaired) electrons. The molecule has 1 fully saturated rings. The van der Waals surface area contributed by atoms with Crippen LogP contribution in [0.4, 0.5) is 0 Å². The van der Waals surface area contributed by atoms with Crippen molar-refractivity contribution < 1.29 is 0 Å². The molecule has 2 N–H and O–H groups in total. The highest BCUT2D eigenvalue weighted by Gasteiger charge is 2.48. The van der Waals surface area contributed by atoms with Gasteiger partial charge in [0.2, 0.25) is 0 Å².